The van der Waals surface area contributed by atoms with Crippen LogP contribution in [0, 0.1) is 12.7 Å². The molecule has 2 N–H and O–H groups in total. The molecule has 1 heterocycles. The van der Waals surface area contributed by atoms with Crippen LogP contribution in [0.5, 0.6) is 0 Å². The maximum atomic E-state index is 13.4. The van der Waals surface area contributed by atoms with Crippen molar-refractivity contribution in [3.8, 4) is 0 Å². The Bertz CT molecular complexity index is 421. The van der Waals surface area contributed by atoms with Gasteiger partial charge in [-0.1, -0.05) is 0 Å². The fourth-order valence-corrected chi connectivity index (χ4v) is 2.48. The van der Waals surface area contributed by atoms with Gasteiger partial charge in [-0.3, -0.25) is 0 Å². The first-order chi connectivity index (χ1) is 8.61. The fraction of sp³-hybridized carbons (Fsp3) is 0.571. The number of piperidine rings is 1. The van der Waals surface area contributed by atoms with Crippen molar-refractivity contribution in [2.24, 2.45) is 0 Å². The van der Waals surface area contributed by atoms with E-state index < -0.39 is 0 Å². The molecule has 3 nitrogen and oxygen atoms in total. The van der Waals surface area contributed by atoms with Crippen molar-refractivity contribution in [1.29, 1.82) is 0 Å². The van der Waals surface area contributed by atoms with Crippen LogP contribution in [-0.2, 0) is 4.74 Å². The van der Waals surface area contributed by atoms with E-state index in [2.05, 4.69) is 4.90 Å². The van der Waals surface area contributed by atoms with Crippen LogP contribution in [0.1, 0.15) is 25.3 Å². The molecule has 0 aliphatic carbocycles. The maximum Gasteiger partial charge on any atom is 0.128 e. The molecule has 4 heteroatoms. The number of nitrogen functional groups attached to an aromatic ring is 1. The van der Waals surface area contributed by atoms with Crippen LogP contribution in [0.3, 0.4) is 0 Å². The highest BCUT2D eigenvalue weighted by atomic mass is 19.1. The van der Waals surface area contributed by atoms with Crippen LogP contribution in [-0.4, -0.2) is 25.8 Å². The summed E-state index contributed by atoms with van der Waals surface area (Å²) >= 11 is 0. The fourth-order valence-electron chi connectivity index (χ4n) is 2.48. The van der Waals surface area contributed by atoms with Crippen LogP contribution < -0.4 is 10.6 Å². The van der Waals surface area contributed by atoms with Crippen molar-refractivity contribution >= 4 is 11.4 Å². The van der Waals surface area contributed by atoms with Crippen molar-refractivity contribution < 1.29 is 9.13 Å². The van der Waals surface area contributed by atoms with E-state index in [1.807, 2.05) is 13.0 Å². The minimum atomic E-state index is -0.241. The Morgan fingerprint density at radius 1 is 1.50 bits per heavy atom. The molecule has 1 aliphatic heterocycles. The lowest BCUT2D eigenvalue weighted by Gasteiger charge is -2.35. The zero-order valence-corrected chi connectivity index (χ0v) is 11.1. The summed E-state index contributed by atoms with van der Waals surface area (Å²) < 4.78 is 19.1. The predicted molar refractivity (Wildman–Crippen MR) is 72.4 cm³/mol. The number of anilines is 2. The SMILES string of the molecule is CCOC1CCCN(c2cc(C)c(F)cc2N)C1. The quantitative estimate of drug-likeness (QED) is 0.841. The van der Waals surface area contributed by atoms with Crippen molar-refractivity contribution in [2.75, 3.05) is 30.3 Å². The second-order valence-electron chi connectivity index (χ2n) is 4.83. The Morgan fingerprint density at radius 2 is 2.28 bits per heavy atom. The average Bonchev–Trinajstić information content (AvgIpc) is 2.34. The van der Waals surface area contributed by atoms with Crippen molar-refractivity contribution in [2.45, 2.75) is 32.8 Å². The smallest absolute Gasteiger partial charge is 0.128 e. The Balaban J connectivity index is 2.18. The summed E-state index contributed by atoms with van der Waals surface area (Å²) in [7, 11) is 0. The second-order valence-corrected chi connectivity index (χ2v) is 4.83. The summed E-state index contributed by atoms with van der Waals surface area (Å²) in [4.78, 5) is 2.20. The molecule has 0 amide bonds. The topological polar surface area (TPSA) is 38.5 Å². The highest BCUT2D eigenvalue weighted by Gasteiger charge is 2.22. The molecule has 18 heavy (non-hydrogen) atoms. The van der Waals surface area contributed by atoms with Gasteiger partial charge in [0.25, 0.3) is 0 Å². The van der Waals surface area contributed by atoms with Gasteiger partial charge in [-0.15, -0.1) is 0 Å². The minimum absolute atomic E-state index is 0.241. The molecule has 0 saturated carbocycles. The predicted octanol–water partition coefficient (Wildman–Crippen LogP) is 2.72. The first-order valence-electron chi connectivity index (χ1n) is 6.54. The first-order valence-corrected chi connectivity index (χ1v) is 6.54. The van der Waals surface area contributed by atoms with Crippen molar-refractivity contribution in [3.05, 3.63) is 23.5 Å². The zero-order valence-electron chi connectivity index (χ0n) is 11.1. The van der Waals surface area contributed by atoms with Crippen molar-refractivity contribution in [1.82, 2.24) is 0 Å². The van der Waals surface area contributed by atoms with Crippen LogP contribution in [0.15, 0.2) is 12.1 Å². The third-order valence-corrected chi connectivity index (χ3v) is 3.43. The Morgan fingerprint density at radius 3 is 3.00 bits per heavy atom. The molecule has 1 fully saturated rings. The van der Waals surface area contributed by atoms with Crippen LogP contribution in [0.25, 0.3) is 0 Å². The number of aryl methyl sites for hydroxylation is 1. The van der Waals surface area contributed by atoms with E-state index >= 15 is 0 Å². The molecule has 1 aromatic carbocycles. The van der Waals surface area contributed by atoms with E-state index in [0.29, 0.717) is 11.3 Å². The molecule has 1 aliphatic rings. The lowest BCUT2D eigenvalue weighted by Crippen LogP contribution is -2.40. The third kappa shape index (κ3) is 2.75. The molecular weight excluding hydrogens is 231 g/mol. The van der Waals surface area contributed by atoms with Gasteiger partial charge in [0.15, 0.2) is 0 Å². The summed E-state index contributed by atoms with van der Waals surface area (Å²) in [5.41, 5.74) is 7.99. The minimum Gasteiger partial charge on any atom is -0.397 e. The van der Waals surface area contributed by atoms with E-state index in [4.69, 9.17) is 10.5 Å². The van der Waals surface area contributed by atoms with Gasteiger partial charge < -0.3 is 15.4 Å². The van der Waals surface area contributed by atoms with Gasteiger partial charge in [0, 0.05) is 19.7 Å². The Kier molecular flexibility index (Phi) is 4.07. The molecule has 1 aromatic rings. The third-order valence-electron chi connectivity index (χ3n) is 3.43. The lowest BCUT2D eigenvalue weighted by atomic mass is 10.1. The van der Waals surface area contributed by atoms with E-state index in [1.165, 1.54) is 6.07 Å². The summed E-state index contributed by atoms with van der Waals surface area (Å²) in [6, 6.07) is 3.24. The Labute approximate surface area is 108 Å². The highest BCUT2D eigenvalue weighted by molar-refractivity contribution is 5.69. The number of hydrogen-bond donors (Lipinski definition) is 1. The monoisotopic (exact) mass is 252 g/mol. The molecule has 1 atom stereocenters. The molecule has 100 valence electrons. The van der Waals surface area contributed by atoms with Gasteiger partial charge in [0.2, 0.25) is 0 Å². The number of halogens is 1. The normalized spacial score (nSPS) is 20.2. The largest absolute Gasteiger partial charge is 0.397 e. The second kappa shape index (κ2) is 5.57. The van der Waals surface area contributed by atoms with Gasteiger partial charge >= 0.3 is 0 Å². The van der Waals surface area contributed by atoms with Gasteiger partial charge in [-0.2, -0.15) is 0 Å². The zero-order chi connectivity index (χ0) is 13.1. The van der Waals surface area contributed by atoms with E-state index in [1.54, 1.807) is 6.92 Å². The summed E-state index contributed by atoms with van der Waals surface area (Å²) in [5.74, 6) is -0.241. The highest BCUT2D eigenvalue weighted by Crippen LogP contribution is 2.29. The van der Waals surface area contributed by atoms with Crippen LogP contribution >= 0.6 is 0 Å². The summed E-state index contributed by atoms with van der Waals surface area (Å²) in [6.45, 7) is 6.30. The summed E-state index contributed by atoms with van der Waals surface area (Å²) in [5, 5.41) is 0. The molecule has 0 aromatic heterocycles. The lowest BCUT2D eigenvalue weighted by molar-refractivity contribution is 0.0527. The van der Waals surface area contributed by atoms with Gasteiger partial charge in [0.1, 0.15) is 5.82 Å². The number of ether oxygens (including phenoxy) is 1. The number of benzene rings is 1. The van der Waals surface area contributed by atoms with E-state index in [-0.39, 0.29) is 11.9 Å². The van der Waals surface area contributed by atoms with Gasteiger partial charge in [0.05, 0.1) is 17.5 Å². The molecular formula is C14H21FN2O. The molecule has 2 rings (SSSR count). The maximum absolute atomic E-state index is 13.4. The van der Waals surface area contributed by atoms with Crippen molar-refractivity contribution in [3.63, 3.8) is 0 Å². The van der Waals surface area contributed by atoms with Gasteiger partial charge in [-0.05, 0) is 44.4 Å². The van der Waals surface area contributed by atoms with E-state index in [9.17, 15) is 4.39 Å². The number of rotatable bonds is 3. The van der Waals surface area contributed by atoms with Crippen LogP contribution in [0.4, 0.5) is 15.8 Å². The average molecular weight is 252 g/mol. The van der Waals surface area contributed by atoms with E-state index in [0.717, 1.165) is 38.2 Å². The Hall–Kier alpha value is -1.29. The standard InChI is InChI=1S/C14H21FN2O/c1-3-18-11-5-4-6-17(9-11)14-7-10(2)12(15)8-13(14)16/h7-8,11H,3-6,9,16H2,1-2H3. The number of hydrogen-bond acceptors (Lipinski definition) is 3. The van der Waals surface area contributed by atoms with Crippen LogP contribution in [0.2, 0.25) is 0 Å². The first kappa shape index (κ1) is 13.1. The molecule has 1 saturated heterocycles. The molecule has 1 unspecified atom stereocenters. The number of nitrogens with two attached hydrogens (primary N) is 1. The molecule has 0 bridgehead atoms. The molecule has 0 spiro atoms. The summed E-state index contributed by atoms with van der Waals surface area (Å²) in [6.07, 6.45) is 2.43. The van der Waals surface area contributed by atoms with Gasteiger partial charge in [-0.25, -0.2) is 4.39 Å². The number of nitrogens with zero attached hydrogens (tertiary/aromatic N) is 1. The molecule has 0 radical (unpaired) electrons.